The Labute approximate surface area is 71.6 Å². The molecule has 0 saturated heterocycles. The zero-order chi connectivity index (χ0) is 8.97. The molecule has 0 amide bonds. The number of rotatable bonds is 3. The minimum Gasteiger partial charge on any atom is -0.477 e. The van der Waals surface area contributed by atoms with Crippen molar-refractivity contribution in [3.8, 4) is 0 Å². The highest BCUT2D eigenvalue weighted by Crippen LogP contribution is 2.14. The third kappa shape index (κ3) is 1.75. The second-order valence-corrected chi connectivity index (χ2v) is 2.53. The fourth-order valence-electron chi connectivity index (χ4n) is 1.11. The second kappa shape index (κ2) is 4.09. The van der Waals surface area contributed by atoms with E-state index in [0.717, 1.165) is 6.42 Å². The molecule has 0 bridgehead atoms. The lowest BCUT2D eigenvalue weighted by molar-refractivity contribution is -0.146. The van der Waals surface area contributed by atoms with E-state index in [9.17, 15) is 4.79 Å². The van der Waals surface area contributed by atoms with E-state index in [1.54, 1.807) is 6.92 Å². The summed E-state index contributed by atoms with van der Waals surface area (Å²) in [6.07, 6.45) is 1.96. The number of nitrogens with zero attached hydrogens (tertiary/aromatic N) is 1. The van der Waals surface area contributed by atoms with Crippen molar-refractivity contribution in [3.63, 3.8) is 0 Å². The van der Waals surface area contributed by atoms with E-state index in [1.165, 1.54) is 6.40 Å². The zero-order valence-corrected chi connectivity index (χ0v) is 7.32. The number of hydrogen-bond acceptors (Lipinski definition) is 4. The maximum Gasteiger partial charge on any atom is 0.334 e. The van der Waals surface area contributed by atoms with E-state index in [1.807, 2.05) is 6.92 Å². The van der Waals surface area contributed by atoms with Crippen LogP contribution in [0.4, 0.5) is 0 Å². The number of hydrogen-bond donors (Lipinski definition) is 0. The van der Waals surface area contributed by atoms with Gasteiger partial charge in [0.25, 0.3) is 0 Å². The van der Waals surface area contributed by atoms with Gasteiger partial charge in [0.05, 0.1) is 6.61 Å². The Kier molecular flexibility index (Phi) is 3.08. The first-order valence-electron chi connectivity index (χ1n) is 4.13. The van der Waals surface area contributed by atoms with Gasteiger partial charge in [-0.25, -0.2) is 9.79 Å². The second-order valence-electron chi connectivity index (χ2n) is 2.53. The number of esters is 1. The lowest BCUT2D eigenvalue weighted by atomic mass is 10.1. The molecule has 1 rings (SSSR count). The molecule has 1 heterocycles. The van der Waals surface area contributed by atoms with Crippen molar-refractivity contribution in [1.29, 1.82) is 0 Å². The highest BCUT2D eigenvalue weighted by molar-refractivity contribution is 5.79. The van der Waals surface area contributed by atoms with Crippen molar-refractivity contribution >= 4 is 12.4 Å². The normalized spacial score (nSPS) is 26.8. The van der Waals surface area contributed by atoms with E-state index >= 15 is 0 Å². The summed E-state index contributed by atoms with van der Waals surface area (Å²) in [5.74, 6) is -0.293. The average Bonchev–Trinajstić information content (AvgIpc) is 2.51. The first-order valence-corrected chi connectivity index (χ1v) is 4.13. The van der Waals surface area contributed by atoms with Crippen LogP contribution in [0.15, 0.2) is 4.99 Å². The number of carbonyl (C=O) groups is 1. The molecule has 4 heteroatoms. The van der Waals surface area contributed by atoms with Crippen LogP contribution in [0.5, 0.6) is 0 Å². The summed E-state index contributed by atoms with van der Waals surface area (Å²) in [5.41, 5.74) is 0. The minimum absolute atomic E-state index is 0.135. The van der Waals surface area contributed by atoms with E-state index in [4.69, 9.17) is 9.47 Å². The first kappa shape index (κ1) is 9.03. The van der Waals surface area contributed by atoms with Crippen molar-refractivity contribution in [2.24, 2.45) is 4.99 Å². The van der Waals surface area contributed by atoms with Crippen molar-refractivity contribution in [2.75, 3.05) is 6.61 Å². The lowest BCUT2D eigenvalue weighted by Gasteiger charge is -2.13. The SMILES string of the molecule is CCOC(=O)[C@H]1N=CO[C@@H]1CC. The maximum absolute atomic E-state index is 11.2. The summed E-state index contributed by atoms with van der Waals surface area (Å²) < 4.78 is 9.91. The van der Waals surface area contributed by atoms with Crippen LogP contribution >= 0.6 is 0 Å². The molecule has 0 spiro atoms. The molecule has 1 aliphatic heterocycles. The number of ether oxygens (including phenoxy) is 2. The lowest BCUT2D eigenvalue weighted by Crippen LogP contribution is -2.31. The molecular formula is C8H13NO3. The summed E-state index contributed by atoms with van der Waals surface area (Å²) in [5, 5.41) is 0. The van der Waals surface area contributed by atoms with E-state index < -0.39 is 6.04 Å². The molecule has 2 atom stereocenters. The molecule has 0 saturated carbocycles. The minimum atomic E-state index is -0.449. The standard InChI is InChI=1S/C8H13NO3/c1-3-6-7(9-5-12-6)8(10)11-4-2/h5-7H,3-4H2,1-2H3/t6-,7+/m1/s1. The average molecular weight is 171 g/mol. The van der Waals surface area contributed by atoms with E-state index in [0.29, 0.717) is 6.61 Å². The summed E-state index contributed by atoms with van der Waals surface area (Å²) >= 11 is 0. The molecule has 0 fully saturated rings. The third-order valence-corrected chi connectivity index (χ3v) is 1.74. The summed E-state index contributed by atoms with van der Waals surface area (Å²) in [6, 6.07) is -0.449. The maximum atomic E-state index is 11.2. The van der Waals surface area contributed by atoms with Crippen LogP contribution in [0, 0.1) is 0 Å². The van der Waals surface area contributed by atoms with Crippen LogP contribution in [0.3, 0.4) is 0 Å². The molecule has 12 heavy (non-hydrogen) atoms. The molecule has 68 valence electrons. The van der Waals surface area contributed by atoms with Gasteiger partial charge in [0.1, 0.15) is 6.10 Å². The van der Waals surface area contributed by atoms with Crippen molar-refractivity contribution in [1.82, 2.24) is 0 Å². The molecule has 0 radical (unpaired) electrons. The number of carbonyl (C=O) groups excluding carboxylic acids is 1. The van der Waals surface area contributed by atoms with Crippen LogP contribution in [0.2, 0.25) is 0 Å². The first-order chi connectivity index (χ1) is 5.79. The third-order valence-electron chi connectivity index (χ3n) is 1.74. The Morgan fingerprint density at radius 3 is 3.00 bits per heavy atom. The molecule has 0 unspecified atom stereocenters. The molecule has 4 nitrogen and oxygen atoms in total. The van der Waals surface area contributed by atoms with E-state index in [2.05, 4.69) is 4.99 Å². The molecule has 1 aliphatic rings. The van der Waals surface area contributed by atoms with Crippen LogP contribution in [-0.2, 0) is 14.3 Å². The van der Waals surface area contributed by atoms with Gasteiger partial charge in [-0.1, -0.05) is 6.92 Å². The largest absolute Gasteiger partial charge is 0.477 e. The van der Waals surface area contributed by atoms with Gasteiger partial charge < -0.3 is 9.47 Å². The predicted octanol–water partition coefficient (Wildman–Crippen LogP) is 0.755. The van der Waals surface area contributed by atoms with Crippen LogP contribution in [0.1, 0.15) is 20.3 Å². The Morgan fingerprint density at radius 1 is 1.67 bits per heavy atom. The molecule has 0 aliphatic carbocycles. The highest BCUT2D eigenvalue weighted by Gasteiger charge is 2.32. The van der Waals surface area contributed by atoms with Crippen LogP contribution in [-0.4, -0.2) is 31.1 Å². The smallest absolute Gasteiger partial charge is 0.334 e. The molecule has 0 aromatic heterocycles. The zero-order valence-electron chi connectivity index (χ0n) is 7.32. The van der Waals surface area contributed by atoms with Gasteiger partial charge in [0.2, 0.25) is 0 Å². The van der Waals surface area contributed by atoms with Gasteiger partial charge in [-0.2, -0.15) is 0 Å². The molecule has 0 aromatic carbocycles. The Balaban J connectivity index is 2.49. The van der Waals surface area contributed by atoms with E-state index in [-0.39, 0.29) is 12.1 Å². The topological polar surface area (TPSA) is 47.9 Å². The van der Waals surface area contributed by atoms with Crippen LogP contribution in [0.25, 0.3) is 0 Å². The molecular weight excluding hydrogens is 158 g/mol. The Morgan fingerprint density at radius 2 is 2.42 bits per heavy atom. The predicted molar refractivity (Wildman–Crippen MR) is 44.1 cm³/mol. The summed E-state index contributed by atoms with van der Waals surface area (Å²) in [7, 11) is 0. The summed E-state index contributed by atoms with van der Waals surface area (Å²) in [4.78, 5) is 15.1. The molecule has 0 aromatic rings. The fraction of sp³-hybridized carbons (Fsp3) is 0.750. The van der Waals surface area contributed by atoms with Crippen LogP contribution < -0.4 is 0 Å². The molecule has 0 N–H and O–H groups in total. The van der Waals surface area contributed by atoms with Gasteiger partial charge in [0.15, 0.2) is 12.4 Å². The quantitative estimate of drug-likeness (QED) is 0.589. The van der Waals surface area contributed by atoms with Crippen molar-refractivity contribution in [3.05, 3.63) is 0 Å². The monoisotopic (exact) mass is 171 g/mol. The van der Waals surface area contributed by atoms with Gasteiger partial charge in [-0.3, -0.25) is 0 Å². The van der Waals surface area contributed by atoms with Gasteiger partial charge in [-0.05, 0) is 13.3 Å². The Bertz CT molecular complexity index is 191. The van der Waals surface area contributed by atoms with Gasteiger partial charge >= 0.3 is 5.97 Å². The Hall–Kier alpha value is -1.06. The number of aliphatic imine (C=N–C) groups is 1. The van der Waals surface area contributed by atoms with Gasteiger partial charge in [0, 0.05) is 0 Å². The summed E-state index contributed by atoms with van der Waals surface area (Å²) in [6.45, 7) is 4.12. The highest BCUT2D eigenvalue weighted by atomic mass is 16.5. The van der Waals surface area contributed by atoms with Crippen molar-refractivity contribution in [2.45, 2.75) is 32.4 Å². The van der Waals surface area contributed by atoms with Gasteiger partial charge in [-0.15, -0.1) is 0 Å². The fourth-order valence-corrected chi connectivity index (χ4v) is 1.11. The van der Waals surface area contributed by atoms with Crippen molar-refractivity contribution < 1.29 is 14.3 Å².